The molecule has 2 N–H and O–H groups in total. The molecule has 0 atom stereocenters. The average Bonchev–Trinajstić information content (AvgIpc) is 3.17. The fourth-order valence-corrected chi connectivity index (χ4v) is 5.61. The Balaban J connectivity index is 1.66. The first kappa shape index (κ1) is 27.4. The van der Waals surface area contributed by atoms with Crippen molar-refractivity contribution in [1.82, 2.24) is 9.13 Å². The second-order valence-electron chi connectivity index (χ2n) is 10.9. The van der Waals surface area contributed by atoms with Crippen LogP contribution in [0.15, 0.2) is 53.3 Å². The van der Waals surface area contributed by atoms with Gasteiger partial charge in [0.1, 0.15) is 0 Å². The summed E-state index contributed by atoms with van der Waals surface area (Å²) in [6, 6.07) is 14.3. The number of aromatic carboxylic acids is 2. The molecule has 7 heteroatoms. The summed E-state index contributed by atoms with van der Waals surface area (Å²) >= 11 is 0. The van der Waals surface area contributed by atoms with Gasteiger partial charge >= 0.3 is 17.6 Å². The molecular weight excluding hydrogens is 480 g/mol. The van der Waals surface area contributed by atoms with E-state index in [1.165, 1.54) is 23.8 Å². The van der Waals surface area contributed by atoms with Crippen LogP contribution >= 0.6 is 0 Å². The summed E-state index contributed by atoms with van der Waals surface area (Å²) in [5, 5.41) is 19.7. The normalized spacial score (nSPS) is 14.2. The van der Waals surface area contributed by atoms with Crippen molar-refractivity contribution < 1.29 is 19.8 Å². The quantitative estimate of drug-likeness (QED) is 0.309. The highest BCUT2D eigenvalue weighted by Gasteiger charge is 2.26. The number of carboxylic acid groups (broad SMARTS) is 2. The smallest absolute Gasteiger partial charge is 0.354 e. The van der Waals surface area contributed by atoms with E-state index in [-0.39, 0.29) is 23.5 Å². The highest BCUT2D eigenvalue weighted by Crippen LogP contribution is 2.28. The minimum Gasteiger partial charge on any atom is -0.478 e. The molecule has 1 fully saturated rings. The van der Waals surface area contributed by atoms with Gasteiger partial charge in [0, 0.05) is 6.54 Å². The first-order valence-corrected chi connectivity index (χ1v) is 13.7. The molecule has 4 rings (SSSR count). The molecule has 2 aromatic carbocycles. The highest BCUT2D eigenvalue weighted by molar-refractivity contribution is 5.96. The fraction of sp³-hybridized carbons (Fsp3) is 0.452. The van der Waals surface area contributed by atoms with Crippen LogP contribution in [-0.4, -0.2) is 31.3 Å². The van der Waals surface area contributed by atoms with Crippen LogP contribution in [0.1, 0.15) is 90.9 Å². The van der Waals surface area contributed by atoms with E-state index in [2.05, 4.69) is 13.8 Å². The molecule has 0 bridgehead atoms. The maximum absolute atomic E-state index is 13.6. The van der Waals surface area contributed by atoms with Crippen LogP contribution in [-0.2, 0) is 19.5 Å². The van der Waals surface area contributed by atoms with E-state index in [1.807, 2.05) is 24.3 Å². The third-order valence-corrected chi connectivity index (χ3v) is 7.74. The lowest BCUT2D eigenvalue weighted by Crippen LogP contribution is -2.27. The fourth-order valence-electron chi connectivity index (χ4n) is 5.61. The van der Waals surface area contributed by atoms with E-state index in [1.54, 1.807) is 28.8 Å². The zero-order chi connectivity index (χ0) is 27.2. The molecule has 0 amide bonds. The van der Waals surface area contributed by atoms with E-state index >= 15 is 0 Å². The van der Waals surface area contributed by atoms with Crippen LogP contribution in [0.3, 0.4) is 0 Å². The van der Waals surface area contributed by atoms with Gasteiger partial charge in [-0.05, 0) is 53.9 Å². The first-order valence-electron chi connectivity index (χ1n) is 13.7. The van der Waals surface area contributed by atoms with Gasteiger partial charge in [-0.2, -0.15) is 0 Å². The topological polar surface area (TPSA) is 102 Å². The molecule has 1 aromatic heterocycles. The molecule has 0 unspecified atom stereocenters. The Morgan fingerprint density at radius 1 is 0.921 bits per heavy atom. The van der Waals surface area contributed by atoms with Gasteiger partial charge in [-0.15, -0.1) is 0 Å². The average molecular weight is 519 g/mol. The van der Waals surface area contributed by atoms with E-state index in [9.17, 15) is 24.6 Å². The number of imidazole rings is 1. The second kappa shape index (κ2) is 12.3. The van der Waals surface area contributed by atoms with Crippen molar-refractivity contribution in [2.45, 2.75) is 78.3 Å². The zero-order valence-electron chi connectivity index (χ0n) is 22.4. The first-order chi connectivity index (χ1) is 18.3. The highest BCUT2D eigenvalue weighted by atomic mass is 16.4. The third kappa shape index (κ3) is 6.26. The second-order valence-corrected chi connectivity index (χ2v) is 10.9. The Kier molecular flexibility index (Phi) is 8.87. The Hall–Kier alpha value is -3.61. The Bertz CT molecular complexity index is 1330. The summed E-state index contributed by atoms with van der Waals surface area (Å²) in [6.07, 6.45) is 8.10. The van der Waals surface area contributed by atoms with Crippen molar-refractivity contribution in [3.05, 3.63) is 81.5 Å². The molecule has 38 heavy (non-hydrogen) atoms. The molecule has 1 aliphatic rings. The molecule has 0 radical (unpaired) electrons. The molecule has 0 aliphatic heterocycles. The number of carbonyl (C=O) groups is 2. The summed E-state index contributed by atoms with van der Waals surface area (Å²) < 4.78 is 3.12. The van der Waals surface area contributed by atoms with Crippen molar-refractivity contribution in [3.8, 4) is 11.1 Å². The predicted octanol–water partition coefficient (Wildman–Crippen LogP) is 6.32. The Morgan fingerprint density at radius 3 is 2.24 bits per heavy atom. The predicted molar refractivity (Wildman–Crippen MR) is 148 cm³/mol. The number of hydrogen-bond donors (Lipinski definition) is 2. The lowest BCUT2D eigenvalue weighted by molar-refractivity contribution is 0.0676. The number of nitrogens with zero attached hydrogens (tertiary/aromatic N) is 2. The van der Waals surface area contributed by atoms with E-state index in [0.717, 1.165) is 36.8 Å². The summed E-state index contributed by atoms with van der Waals surface area (Å²) in [5.74, 6) is -1.12. The van der Waals surface area contributed by atoms with Crippen LogP contribution < -0.4 is 5.69 Å². The third-order valence-electron chi connectivity index (χ3n) is 7.74. The molecule has 1 saturated carbocycles. The van der Waals surface area contributed by atoms with Gasteiger partial charge in [0.05, 0.1) is 17.8 Å². The van der Waals surface area contributed by atoms with E-state index in [4.69, 9.17) is 0 Å². The van der Waals surface area contributed by atoms with Gasteiger partial charge < -0.3 is 10.2 Å². The zero-order valence-corrected chi connectivity index (χ0v) is 22.4. The minimum absolute atomic E-state index is 0.124. The van der Waals surface area contributed by atoms with Crippen molar-refractivity contribution in [2.24, 2.45) is 11.8 Å². The molecule has 7 nitrogen and oxygen atoms in total. The number of aromatic nitrogens is 2. The SMILES string of the molecule is CC(C)CCc1c(C(=O)O)n(CCC2CCCCC2)c(=O)n1Cc1ccc(-c2ccccc2C(=O)O)cc1. The van der Waals surface area contributed by atoms with Crippen LogP contribution in [0.25, 0.3) is 11.1 Å². The van der Waals surface area contributed by atoms with Crippen molar-refractivity contribution in [3.63, 3.8) is 0 Å². The van der Waals surface area contributed by atoms with Gasteiger partial charge in [0.15, 0.2) is 5.69 Å². The van der Waals surface area contributed by atoms with E-state index < -0.39 is 11.9 Å². The van der Waals surface area contributed by atoms with Gasteiger partial charge in [0.2, 0.25) is 0 Å². The summed E-state index contributed by atoms with van der Waals surface area (Å²) in [6.45, 7) is 4.88. The number of carboxylic acids is 2. The largest absolute Gasteiger partial charge is 0.478 e. The van der Waals surface area contributed by atoms with Gasteiger partial charge in [-0.25, -0.2) is 14.4 Å². The Morgan fingerprint density at radius 2 is 1.61 bits per heavy atom. The van der Waals surface area contributed by atoms with Gasteiger partial charge in [0.25, 0.3) is 0 Å². The van der Waals surface area contributed by atoms with Crippen molar-refractivity contribution in [1.29, 1.82) is 0 Å². The molecule has 202 valence electrons. The number of benzene rings is 2. The standard InChI is InChI=1S/C31H38N2O5/c1-21(2)12-17-27-28(30(36)37)32(19-18-22-8-4-3-5-9-22)31(38)33(27)20-23-13-15-24(16-14-23)25-10-6-7-11-26(25)29(34)35/h6-7,10-11,13-16,21-22H,3-5,8-9,12,17-20H2,1-2H3,(H,34,35)(H,36,37). The molecule has 1 aliphatic carbocycles. The minimum atomic E-state index is -1.05. The number of hydrogen-bond acceptors (Lipinski definition) is 3. The van der Waals surface area contributed by atoms with Crippen LogP contribution in [0.5, 0.6) is 0 Å². The van der Waals surface area contributed by atoms with Crippen LogP contribution in [0, 0.1) is 11.8 Å². The molecule has 1 heterocycles. The summed E-state index contributed by atoms with van der Waals surface area (Å²) in [7, 11) is 0. The maximum atomic E-state index is 13.6. The van der Waals surface area contributed by atoms with Gasteiger partial charge in [-0.3, -0.25) is 9.13 Å². The molecular formula is C31H38N2O5. The maximum Gasteiger partial charge on any atom is 0.354 e. The van der Waals surface area contributed by atoms with Crippen LogP contribution in [0.2, 0.25) is 0 Å². The van der Waals surface area contributed by atoms with E-state index in [0.29, 0.717) is 36.1 Å². The molecule has 0 spiro atoms. The van der Waals surface area contributed by atoms with Crippen molar-refractivity contribution in [2.75, 3.05) is 0 Å². The summed E-state index contributed by atoms with van der Waals surface area (Å²) in [4.78, 5) is 37.7. The van der Waals surface area contributed by atoms with Crippen LogP contribution in [0.4, 0.5) is 0 Å². The molecule has 3 aromatic rings. The van der Waals surface area contributed by atoms with Gasteiger partial charge in [-0.1, -0.05) is 88.4 Å². The number of rotatable bonds is 11. The lowest BCUT2D eigenvalue weighted by Gasteiger charge is -2.21. The van der Waals surface area contributed by atoms with Crippen molar-refractivity contribution >= 4 is 11.9 Å². The molecule has 0 saturated heterocycles. The lowest BCUT2D eigenvalue weighted by atomic mass is 9.87. The Labute approximate surface area is 223 Å². The monoisotopic (exact) mass is 518 g/mol. The summed E-state index contributed by atoms with van der Waals surface area (Å²) in [5.41, 5.74) is 2.93.